The molecule has 2 heterocycles. The van der Waals surface area contributed by atoms with Gasteiger partial charge in [0.15, 0.2) is 0 Å². The lowest BCUT2D eigenvalue weighted by Gasteiger charge is -2.30. The first-order valence-corrected chi connectivity index (χ1v) is 8.99. The summed E-state index contributed by atoms with van der Waals surface area (Å²) in [6, 6.07) is 11.1. The van der Waals surface area contributed by atoms with Gasteiger partial charge in [0.05, 0.1) is 12.3 Å². The van der Waals surface area contributed by atoms with Crippen LogP contribution < -0.4 is 0 Å². The number of nitrogens with zero attached hydrogens (tertiary/aromatic N) is 3. The zero-order valence-corrected chi connectivity index (χ0v) is 13.7. The van der Waals surface area contributed by atoms with Gasteiger partial charge in [-0.15, -0.1) is 10.2 Å². The Morgan fingerprint density at radius 1 is 1.00 bits per heavy atom. The molecule has 0 unspecified atom stereocenters. The van der Waals surface area contributed by atoms with E-state index in [1.807, 2.05) is 18.2 Å². The Labute approximate surface area is 137 Å². The first kappa shape index (κ1) is 14.9. The highest BCUT2D eigenvalue weighted by molar-refractivity contribution is 5.18. The summed E-state index contributed by atoms with van der Waals surface area (Å²) in [6.45, 7) is 2.28. The van der Waals surface area contributed by atoms with E-state index in [2.05, 4.69) is 27.2 Å². The van der Waals surface area contributed by atoms with Crippen molar-refractivity contribution in [1.82, 2.24) is 15.1 Å². The maximum absolute atomic E-state index is 5.96. The van der Waals surface area contributed by atoms with Crippen molar-refractivity contribution in [3.05, 3.63) is 47.7 Å². The first-order valence-electron chi connectivity index (χ1n) is 8.99. The van der Waals surface area contributed by atoms with E-state index in [0.29, 0.717) is 5.92 Å². The zero-order chi connectivity index (χ0) is 15.5. The topological polar surface area (TPSA) is 42.2 Å². The Hall–Kier alpha value is -1.68. The lowest BCUT2D eigenvalue weighted by atomic mass is 9.94. The standard InChI is InChI=1S/C19H25N3O/c1-3-7-15(8-4-1)13-18-20-21-19(23-18)16-11-12-22(14-16)17-9-5-2-6-10-17/h1,3-4,7-8,16-17H,2,5-6,9-14H2/t16-/m0/s1. The molecule has 1 saturated carbocycles. The molecule has 1 aromatic heterocycles. The molecule has 2 aromatic rings. The van der Waals surface area contributed by atoms with Gasteiger partial charge in [-0.2, -0.15) is 0 Å². The van der Waals surface area contributed by atoms with Crippen LogP contribution in [0.1, 0.15) is 61.8 Å². The number of hydrogen-bond donors (Lipinski definition) is 0. The molecule has 0 bridgehead atoms. The molecule has 2 aliphatic rings. The fourth-order valence-electron chi connectivity index (χ4n) is 4.04. The normalized spacial score (nSPS) is 23.4. The highest BCUT2D eigenvalue weighted by Gasteiger charge is 2.32. The summed E-state index contributed by atoms with van der Waals surface area (Å²) in [5.41, 5.74) is 1.22. The molecule has 2 fully saturated rings. The van der Waals surface area contributed by atoms with E-state index in [9.17, 15) is 0 Å². The summed E-state index contributed by atoms with van der Waals surface area (Å²) < 4.78 is 5.96. The van der Waals surface area contributed by atoms with Crippen LogP contribution in [0.3, 0.4) is 0 Å². The van der Waals surface area contributed by atoms with E-state index in [0.717, 1.165) is 37.2 Å². The molecule has 4 nitrogen and oxygen atoms in total. The number of likely N-dealkylation sites (tertiary alicyclic amines) is 1. The van der Waals surface area contributed by atoms with Gasteiger partial charge in [-0.25, -0.2) is 0 Å². The Morgan fingerprint density at radius 2 is 1.83 bits per heavy atom. The maximum atomic E-state index is 5.96. The molecule has 23 heavy (non-hydrogen) atoms. The summed E-state index contributed by atoms with van der Waals surface area (Å²) in [7, 11) is 0. The summed E-state index contributed by atoms with van der Waals surface area (Å²) in [6.07, 6.45) is 8.84. The highest BCUT2D eigenvalue weighted by atomic mass is 16.4. The van der Waals surface area contributed by atoms with E-state index in [-0.39, 0.29) is 0 Å². The van der Waals surface area contributed by atoms with E-state index in [4.69, 9.17) is 4.42 Å². The second kappa shape index (κ2) is 6.83. The van der Waals surface area contributed by atoms with Crippen molar-refractivity contribution in [1.29, 1.82) is 0 Å². The third-order valence-electron chi connectivity index (χ3n) is 5.34. The van der Waals surface area contributed by atoms with Crippen LogP contribution in [0.15, 0.2) is 34.7 Å². The van der Waals surface area contributed by atoms with Crippen LogP contribution in [0, 0.1) is 0 Å². The molecule has 0 amide bonds. The fourth-order valence-corrected chi connectivity index (χ4v) is 4.04. The third-order valence-corrected chi connectivity index (χ3v) is 5.34. The predicted octanol–water partition coefficient (Wildman–Crippen LogP) is 3.78. The molecular formula is C19H25N3O. The van der Waals surface area contributed by atoms with Crippen molar-refractivity contribution in [3.63, 3.8) is 0 Å². The molecule has 1 saturated heterocycles. The largest absolute Gasteiger partial charge is 0.425 e. The Morgan fingerprint density at radius 3 is 2.65 bits per heavy atom. The van der Waals surface area contributed by atoms with Crippen LogP contribution in [0.4, 0.5) is 0 Å². The van der Waals surface area contributed by atoms with Crippen molar-refractivity contribution in [2.24, 2.45) is 0 Å². The SMILES string of the molecule is c1ccc(Cc2nnc([C@H]3CCN(C4CCCCC4)C3)o2)cc1. The van der Waals surface area contributed by atoms with Crippen molar-refractivity contribution in [2.75, 3.05) is 13.1 Å². The van der Waals surface area contributed by atoms with Crippen LogP contribution >= 0.6 is 0 Å². The van der Waals surface area contributed by atoms with Crippen molar-refractivity contribution in [3.8, 4) is 0 Å². The summed E-state index contributed by atoms with van der Waals surface area (Å²) in [5, 5.41) is 8.59. The van der Waals surface area contributed by atoms with E-state index >= 15 is 0 Å². The molecule has 122 valence electrons. The Balaban J connectivity index is 1.37. The molecule has 0 spiro atoms. The molecular weight excluding hydrogens is 286 g/mol. The highest BCUT2D eigenvalue weighted by Crippen LogP contribution is 2.32. The van der Waals surface area contributed by atoms with Gasteiger partial charge in [0.1, 0.15) is 0 Å². The van der Waals surface area contributed by atoms with Crippen LogP contribution in [0.5, 0.6) is 0 Å². The predicted molar refractivity (Wildman–Crippen MR) is 89.4 cm³/mol. The number of rotatable bonds is 4. The quantitative estimate of drug-likeness (QED) is 0.861. The minimum atomic E-state index is 0.425. The summed E-state index contributed by atoms with van der Waals surface area (Å²) in [4.78, 5) is 2.66. The van der Waals surface area contributed by atoms with Gasteiger partial charge in [-0.1, -0.05) is 49.6 Å². The average molecular weight is 311 g/mol. The Kier molecular flexibility index (Phi) is 4.42. The van der Waals surface area contributed by atoms with Gasteiger partial charge in [0, 0.05) is 12.6 Å². The molecule has 4 heteroatoms. The maximum Gasteiger partial charge on any atom is 0.220 e. The van der Waals surface area contributed by atoms with E-state index in [1.165, 1.54) is 44.2 Å². The van der Waals surface area contributed by atoms with Gasteiger partial charge in [-0.05, 0) is 31.4 Å². The van der Waals surface area contributed by atoms with Crippen LogP contribution in [-0.4, -0.2) is 34.2 Å². The molecule has 1 aliphatic carbocycles. The van der Waals surface area contributed by atoms with E-state index < -0.39 is 0 Å². The van der Waals surface area contributed by atoms with Gasteiger partial charge in [0.2, 0.25) is 11.8 Å². The molecule has 1 atom stereocenters. The van der Waals surface area contributed by atoms with Gasteiger partial charge < -0.3 is 4.42 Å². The number of hydrogen-bond acceptors (Lipinski definition) is 4. The number of benzene rings is 1. The van der Waals surface area contributed by atoms with Gasteiger partial charge in [0.25, 0.3) is 0 Å². The lowest BCUT2D eigenvalue weighted by Crippen LogP contribution is -2.34. The van der Waals surface area contributed by atoms with Gasteiger partial charge >= 0.3 is 0 Å². The molecule has 4 rings (SSSR count). The molecule has 1 aromatic carbocycles. The van der Waals surface area contributed by atoms with Crippen molar-refractivity contribution >= 4 is 0 Å². The smallest absolute Gasteiger partial charge is 0.220 e. The third kappa shape index (κ3) is 3.47. The monoisotopic (exact) mass is 311 g/mol. The van der Waals surface area contributed by atoms with Crippen molar-refractivity contribution in [2.45, 2.75) is 56.9 Å². The second-order valence-corrected chi connectivity index (χ2v) is 6.97. The molecule has 0 N–H and O–H groups in total. The van der Waals surface area contributed by atoms with Crippen molar-refractivity contribution < 1.29 is 4.42 Å². The molecule has 1 aliphatic heterocycles. The number of aromatic nitrogens is 2. The Bertz CT molecular complexity index is 619. The fraction of sp³-hybridized carbons (Fsp3) is 0.579. The van der Waals surface area contributed by atoms with Crippen LogP contribution in [0.2, 0.25) is 0 Å². The minimum absolute atomic E-state index is 0.425. The average Bonchev–Trinajstić information content (AvgIpc) is 3.26. The minimum Gasteiger partial charge on any atom is -0.425 e. The zero-order valence-electron chi connectivity index (χ0n) is 13.7. The van der Waals surface area contributed by atoms with Crippen LogP contribution in [-0.2, 0) is 6.42 Å². The first-order chi connectivity index (χ1) is 11.4. The molecule has 0 radical (unpaired) electrons. The van der Waals surface area contributed by atoms with E-state index in [1.54, 1.807) is 0 Å². The summed E-state index contributed by atoms with van der Waals surface area (Å²) >= 11 is 0. The lowest BCUT2D eigenvalue weighted by molar-refractivity contribution is 0.187. The van der Waals surface area contributed by atoms with Crippen LogP contribution in [0.25, 0.3) is 0 Å². The summed E-state index contributed by atoms with van der Waals surface area (Å²) in [5.74, 6) is 2.01. The second-order valence-electron chi connectivity index (χ2n) is 6.97. The van der Waals surface area contributed by atoms with Gasteiger partial charge in [-0.3, -0.25) is 4.90 Å².